The molecule has 1 aromatic heterocycles. The molecule has 1 aromatic rings. The summed E-state index contributed by atoms with van der Waals surface area (Å²) in [6, 6.07) is 0. The van der Waals surface area contributed by atoms with Gasteiger partial charge in [-0.15, -0.1) is 16.9 Å². The van der Waals surface area contributed by atoms with Gasteiger partial charge in [0.05, 0.1) is 6.61 Å². The van der Waals surface area contributed by atoms with Crippen LogP contribution in [0.4, 0.5) is 0 Å². The standard InChI is InChI=1S/C7H10N2O2S2/c1-3-11-6(10)5-7(12-4-2)13-9-8-5/h3-4H2,1-2H3. The van der Waals surface area contributed by atoms with E-state index >= 15 is 0 Å². The van der Waals surface area contributed by atoms with Crippen molar-refractivity contribution in [2.45, 2.75) is 18.1 Å². The van der Waals surface area contributed by atoms with Crippen LogP contribution in [0.3, 0.4) is 0 Å². The Kier molecular flexibility index (Phi) is 4.17. The highest BCUT2D eigenvalue weighted by Gasteiger charge is 2.16. The van der Waals surface area contributed by atoms with Gasteiger partial charge >= 0.3 is 5.97 Å². The third kappa shape index (κ3) is 2.67. The smallest absolute Gasteiger partial charge is 0.361 e. The van der Waals surface area contributed by atoms with Crippen LogP contribution >= 0.6 is 23.3 Å². The van der Waals surface area contributed by atoms with Gasteiger partial charge in [-0.05, 0) is 24.2 Å². The van der Waals surface area contributed by atoms with Gasteiger partial charge in [0.1, 0.15) is 4.21 Å². The van der Waals surface area contributed by atoms with Gasteiger partial charge < -0.3 is 4.74 Å². The topological polar surface area (TPSA) is 52.1 Å². The lowest BCUT2D eigenvalue weighted by atomic mass is 10.5. The van der Waals surface area contributed by atoms with E-state index in [-0.39, 0.29) is 5.97 Å². The molecule has 0 aromatic carbocycles. The van der Waals surface area contributed by atoms with E-state index < -0.39 is 0 Å². The zero-order valence-corrected chi connectivity index (χ0v) is 9.07. The van der Waals surface area contributed by atoms with Gasteiger partial charge in [0, 0.05) is 0 Å². The third-order valence-electron chi connectivity index (χ3n) is 1.20. The van der Waals surface area contributed by atoms with Crippen LogP contribution in [0.25, 0.3) is 0 Å². The molecule has 0 aliphatic rings. The first-order chi connectivity index (χ1) is 6.29. The van der Waals surface area contributed by atoms with Gasteiger partial charge in [-0.1, -0.05) is 11.4 Å². The van der Waals surface area contributed by atoms with Gasteiger partial charge in [-0.3, -0.25) is 0 Å². The maximum Gasteiger partial charge on any atom is 0.361 e. The Morgan fingerprint density at radius 3 is 3.00 bits per heavy atom. The molecular weight excluding hydrogens is 208 g/mol. The highest BCUT2D eigenvalue weighted by atomic mass is 32.2. The fraction of sp³-hybridized carbons (Fsp3) is 0.571. The van der Waals surface area contributed by atoms with Crippen LogP contribution in [0.5, 0.6) is 0 Å². The number of carbonyl (C=O) groups excluding carboxylic acids is 1. The summed E-state index contributed by atoms with van der Waals surface area (Å²) in [5.74, 6) is 0.517. The van der Waals surface area contributed by atoms with E-state index in [0.29, 0.717) is 12.3 Å². The maximum atomic E-state index is 11.3. The molecule has 0 aliphatic carbocycles. The average molecular weight is 218 g/mol. The quantitative estimate of drug-likeness (QED) is 0.570. The van der Waals surface area contributed by atoms with Gasteiger partial charge in [0.2, 0.25) is 0 Å². The van der Waals surface area contributed by atoms with E-state index in [1.54, 1.807) is 18.7 Å². The minimum Gasteiger partial charge on any atom is -0.461 e. The van der Waals surface area contributed by atoms with Crippen molar-refractivity contribution < 1.29 is 9.53 Å². The third-order valence-corrected chi connectivity index (χ3v) is 3.05. The Morgan fingerprint density at radius 1 is 1.62 bits per heavy atom. The Labute approximate surface area is 84.8 Å². The second-order valence-corrected chi connectivity index (χ2v) is 4.35. The van der Waals surface area contributed by atoms with Crippen LogP contribution < -0.4 is 0 Å². The van der Waals surface area contributed by atoms with Crippen LogP contribution in [-0.2, 0) is 4.74 Å². The number of hydrogen-bond donors (Lipinski definition) is 0. The van der Waals surface area contributed by atoms with Crippen LogP contribution in [-0.4, -0.2) is 27.9 Å². The van der Waals surface area contributed by atoms with Crippen LogP contribution in [0.1, 0.15) is 24.3 Å². The average Bonchev–Trinajstić information content (AvgIpc) is 2.54. The van der Waals surface area contributed by atoms with Gasteiger partial charge in [-0.25, -0.2) is 4.79 Å². The molecule has 0 saturated carbocycles. The molecule has 0 fully saturated rings. The summed E-state index contributed by atoms with van der Waals surface area (Å²) in [6.45, 7) is 4.15. The maximum absolute atomic E-state index is 11.3. The molecule has 6 heteroatoms. The normalized spacial score (nSPS) is 10.0. The lowest BCUT2D eigenvalue weighted by molar-refractivity contribution is 0.0515. The van der Waals surface area contributed by atoms with Gasteiger partial charge in [0.15, 0.2) is 5.69 Å². The summed E-state index contributed by atoms with van der Waals surface area (Å²) in [6.07, 6.45) is 0. The fourth-order valence-corrected chi connectivity index (χ4v) is 2.33. The molecule has 0 spiro atoms. The lowest BCUT2D eigenvalue weighted by Crippen LogP contribution is -2.06. The predicted molar refractivity (Wildman–Crippen MR) is 52.3 cm³/mol. The van der Waals surface area contributed by atoms with Crippen molar-refractivity contribution in [1.29, 1.82) is 0 Å². The zero-order valence-electron chi connectivity index (χ0n) is 7.44. The predicted octanol–water partition coefficient (Wildman–Crippen LogP) is 1.83. The summed E-state index contributed by atoms with van der Waals surface area (Å²) in [4.78, 5) is 11.3. The van der Waals surface area contributed by atoms with Crippen molar-refractivity contribution in [3.63, 3.8) is 0 Å². The van der Waals surface area contributed by atoms with E-state index in [0.717, 1.165) is 9.96 Å². The number of nitrogens with zero attached hydrogens (tertiary/aromatic N) is 2. The molecule has 0 unspecified atom stereocenters. The molecule has 0 aliphatic heterocycles. The first-order valence-corrected chi connectivity index (χ1v) is 5.67. The Morgan fingerprint density at radius 2 is 2.38 bits per heavy atom. The van der Waals surface area contributed by atoms with Gasteiger partial charge in [0.25, 0.3) is 0 Å². The number of aromatic nitrogens is 2. The zero-order chi connectivity index (χ0) is 9.68. The van der Waals surface area contributed by atoms with Crippen LogP contribution in [0, 0.1) is 0 Å². The van der Waals surface area contributed by atoms with E-state index in [9.17, 15) is 4.79 Å². The van der Waals surface area contributed by atoms with Crippen molar-refractivity contribution in [1.82, 2.24) is 9.59 Å². The number of esters is 1. The Balaban J connectivity index is 2.74. The Bertz CT molecular complexity index is 288. The van der Waals surface area contributed by atoms with Crippen molar-refractivity contribution in [3.8, 4) is 0 Å². The Hall–Kier alpha value is -0.620. The number of rotatable bonds is 4. The summed E-state index contributed by atoms with van der Waals surface area (Å²) in [7, 11) is 0. The number of hydrogen-bond acceptors (Lipinski definition) is 6. The number of carbonyl (C=O) groups is 1. The minimum absolute atomic E-state index is 0.346. The van der Waals surface area contributed by atoms with Crippen LogP contribution in [0.15, 0.2) is 4.21 Å². The van der Waals surface area contributed by atoms with E-state index in [2.05, 4.69) is 9.59 Å². The van der Waals surface area contributed by atoms with Crippen molar-refractivity contribution in [2.24, 2.45) is 0 Å². The summed E-state index contributed by atoms with van der Waals surface area (Å²) in [5, 5.41) is 3.73. The van der Waals surface area contributed by atoms with Gasteiger partial charge in [-0.2, -0.15) is 0 Å². The second-order valence-electron chi connectivity index (χ2n) is 2.06. The fourth-order valence-electron chi connectivity index (χ4n) is 0.732. The summed E-state index contributed by atoms with van der Waals surface area (Å²) >= 11 is 2.78. The monoisotopic (exact) mass is 218 g/mol. The highest BCUT2D eigenvalue weighted by molar-refractivity contribution is 8.01. The summed E-state index contributed by atoms with van der Waals surface area (Å²) < 4.78 is 9.37. The van der Waals surface area contributed by atoms with Crippen molar-refractivity contribution in [2.75, 3.05) is 12.4 Å². The lowest BCUT2D eigenvalue weighted by Gasteiger charge is -1.98. The molecule has 0 N–H and O–H groups in total. The molecule has 4 nitrogen and oxygen atoms in total. The molecule has 13 heavy (non-hydrogen) atoms. The molecule has 0 bridgehead atoms. The first kappa shape index (κ1) is 10.5. The largest absolute Gasteiger partial charge is 0.461 e. The molecule has 0 radical (unpaired) electrons. The SMILES string of the molecule is CCOC(=O)c1nnsc1SCC. The molecule has 1 rings (SSSR count). The van der Waals surface area contributed by atoms with E-state index in [1.165, 1.54) is 11.5 Å². The minimum atomic E-state index is -0.382. The van der Waals surface area contributed by atoms with Crippen molar-refractivity contribution >= 4 is 29.3 Å². The molecule has 0 amide bonds. The van der Waals surface area contributed by atoms with E-state index in [4.69, 9.17) is 4.74 Å². The molecule has 1 heterocycles. The summed E-state index contributed by atoms with van der Waals surface area (Å²) in [5.41, 5.74) is 0.346. The number of thioether (sulfide) groups is 1. The number of ether oxygens (including phenoxy) is 1. The first-order valence-electron chi connectivity index (χ1n) is 3.91. The molecular formula is C7H10N2O2S2. The molecule has 72 valence electrons. The molecule has 0 atom stereocenters. The van der Waals surface area contributed by atoms with Crippen LogP contribution in [0.2, 0.25) is 0 Å². The van der Waals surface area contributed by atoms with E-state index in [1.807, 2.05) is 6.92 Å². The highest BCUT2D eigenvalue weighted by Crippen LogP contribution is 2.24. The second kappa shape index (κ2) is 5.18. The van der Waals surface area contributed by atoms with Crippen molar-refractivity contribution in [3.05, 3.63) is 5.69 Å². The molecule has 0 saturated heterocycles.